The van der Waals surface area contributed by atoms with Crippen molar-refractivity contribution in [2.24, 2.45) is 0 Å². The number of nitrogens with zero attached hydrogens (tertiary/aromatic N) is 1. The standard InChI is InChI=1S/C12H16BrCl2NO/c1-16(7-10(13)8-17-2)6-9-3-4-11(14)5-12(9)15/h3-5,10H,6-8H2,1-2H3. The summed E-state index contributed by atoms with van der Waals surface area (Å²) < 4.78 is 5.08. The number of ether oxygens (including phenoxy) is 1. The van der Waals surface area contributed by atoms with Crippen LogP contribution in [0.25, 0.3) is 0 Å². The first-order valence-corrected chi connectivity index (χ1v) is 6.95. The van der Waals surface area contributed by atoms with Crippen molar-refractivity contribution in [1.82, 2.24) is 4.90 Å². The smallest absolute Gasteiger partial charge is 0.0600 e. The number of rotatable bonds is 6. The molecule has 0 bridgehead atoms. The van der Waals surface area contributed by atoms with Gasteiger partial charge in [0.05, 0.1) is 11.4 Å². The lowest BCUT2D eigenvalue weighted by Gasteiger charge is -2.20. The van der Waals surface area contributed by atoms with Crippen LogP contribution in [-0.2, 0) is 11.3 Å². The van der Waals surface area contributed by atoms with Gasteiger partial charge in [0.15, 0.2) is 0 Å². The zero-order chi connectivity index (χ0) is 12.8. The normalized spacial score (nSPS) is 13.1. The van der Waals surface area contributed by atoms with Crippen molar-refractivity contribution in [3.63, 3.8) is 0 Å². The summed E-state index contributed by atoms with van der Waals surface area (Å²) in [5, 5.41) is 1.38. The average molecular weight is 341 g/mol. The second kappa shape index (κ2) is 7.59. The fourth-order valence-electron chi connectivity index (χ4n) is 1.58. The third-order valence-electron chi connectivity index (χ3n) is 2.31. The van der Waals surface area contributed by atoms with E-state index in [9.17, 15) is 0 Å². The Labute approximate surface area is 121 Å². The van der Waals surface area contributed by atoms with E-state index in [0.717, 1.165) is 18.7 Å². The maximum absolute atomic E-state index is 6.12. The largest absolute Gasteiger partial charge is 0.383 e. The van der Waals surface area contributed by atoms with Gasteiger partial charge >= 0.3 is 0 Å². The van der Waals surface area contributed by atoms with E-state index in [-0.39, 0.29) is 0 Å². The Balaban J connectivity index is 2.52. The zero-order valence-corrected chi connectivity index (χ0v) is 13.0. The summed E-state index contributed by atoms with van der Waals surface area (Å²) in [4.78, 5) is 2.51. The molecule has 5 heteroatoms. The molecule has 1 unspecified atom stereocenters. The highest BCUT2D eigenvalue weighted by Gasteiger charge is 2.10. The molecule has 0 aromatic heterocycles. The highest BCUT2D eigenvalue weighted by atomic mass is 79.9. The third kappa shape index (κ3) is 5.58. The van der Waals surface area contributed by atoms with Crippen molar-refractivity contribution < 1.29 is 4.74 Å². The molecule has 0 amide bonds. The van der Waals surface area contributed by atoms with Gasteiger partial charge in [-0.3, -0.25) is 0 Å². The number of halogens is 3. The van der Waals surface area contributed by atoms with Gasteiger partial charge in [-0.1, -0.05) is 45.2 Å². The zero-order valence-electron chi connectivity index (χ0n) is 9.92. The summed E-state index contributed by atoms with van der Waals surface area (Å²) >= 11 is 15.5. The number of methoxy groups -OCH3 is 1. The molecule has 0 radical (unpaired) electrons. The third-order valence-corrected chi connectivity index (χ3v) is 3.45. The van der Waals surface area contributed by atoms with Crippen LogP contribution in [0.3, 0.4) is 0 Å². The first-order valence-electron chi connectivity index (χ1n) is 5.28. The van der Waals surface area contributed by atoms with Crippen LogP contribution in [0.5, 0.6) is 0 Å². The molecule has 1 rings (SSSR count). The summed E-state index contributed by atoms with van der Waals surface area (Å²) in [7, 11) is 3.75. The van der Waals surface area contributed by atoms with Crippen LogP contribution in [-0.4, -0.2) is 37.0 Å². The van der Waals surface area contributed by atoms with Gasteiger partial charge in [-0.25, -0.2) is 0 Å². The fourth-order valence-corrected chi connectivity index (χ4v) is 2.80. The molecular weight excluding hydrogens is 325 g/mol. The topological polar surface area (TPSA) is 12.5 Å². The first-order chi connectivity index (χ1) is 8.02. The minimum absolute atomic E-state index is 0.323. The van der Waals surface area contributed by atoms with Crippen LogP contribution in [0, 0.1) is 0 Å². The number of hydrogen-bond acceptors (Lipinski definition) is 2. The molecule has 0 saturated carbocycles. The van der Waals surface area contributed by atoms with E-state index in [2.05, 4.69) is 27.9 Å². The van der Waals surface area contributed by atoms with Gasteiger partial charge in [0.1, 0.15) is 0 Å². The lowest BCUT2D eigenvalue weighted by molar-refractivity contribution is 0.185. The molecule has 1 aromatic rings. The van der Waals surface area contributed by atoms with Gasteiger partial charge in [-0.2, -0.15) is 0 Å². The van der Waals surface area contributed by atoms with E-state index in [1.165, 1.54) is 0 Å². The van der Waals surface area contributed by atoms with E-state index in [4.69, 9.17) is 27.9 Å². The Hall–Kier alpha value is 0.200. The molecule has 0 fully saturated rings. The van der Waals surface area contributed by atoms with Gasteiger partial charge in [0.25, 0.3) is 0 Å². The summed E-state index contributed by atoms with van der Waals surface area (Å²) in [5.74, 6) is 0. The van der Waals surface area contributed by atoms with Gasteiger partial charge in [0.2, 0.25) is 0 Å². The monoisotopic (exact) mass is 339 g/mol. The molecule has 0 saturated heterocycles. The lowest BCUT2D eigenvalue weighted by Crippen LogP contribution is -2.28. The fraction of sp³-hybridized carbons (Fsp3) is 0.500. The van der Waals surface area contributed by atoms with Gasteiger partial charge in [0, 0.05) is 30.2 Å². The average Bonchev–Trinajstić information content (AvgIpc) is 2.22. The Morgan fingerprint density at radius 2 is 2.12 bits per heavy atom. The Morgan fingerprint density at radius 1 is 1.41 bits per heavy atom. The van der Waals surface area contributed by atoms with Crippen LogP contribution in [0.2, 0.25) is 10.0 Å². The van der Waals surface area contributed by atoms with Crippen molar-refractivity contribution in [3.05, 3.63) is 33.8 Å². The molecule has 17 heavy (non-hydrogen) atoms. The van der Waals surface area contributed by atoms with E-state index in [1.807, 2.05) is 12.1 Å². The predicted octanol–water partition coefficient (Wildman–Crippen LogP) is 3.84. The van der Waals surface area contributed by atoms with Crippen molar-refractivity contribution >= 4 is 39.1 Å². The number of benzene rings is 1. The van der Waals surface area contributed by atoms with Crippen molar-refractivity contribution in [1.29, 1.82) is 0 Å². The van der Waals surface area contributed by atoms with Gasteiger partial charge in [-0.05, 0) is 24.7 Å². The van der Waals surface area contributed by atoms with E-state index in [1.54, 1.807) is 13.2 Å². The van der Waals surface area contributed by atoms with Gasteiger partial charge < -0.3 is 9.64 Å². The van der Waals surface area contributed by atoms with Crippen molar-refractivity contribution in [2.45, 2.75) is 11.4 Å². The molecule has 0 aliphatic heterocycles. The van der Waals surface area contributed by atoms with Crippen molar-refractivity contribution in [2.75, 3.05) is 27.3 Å². The second-order valence-electron chi connectivity index (χ2n) is 3.99. The highest BCUT2D eigenvalue weighted by molar-refractivity contribution is 9.09. The first kappa shape index (κ1) is 15.3. The molecular formula is C12H16BrCl2NO. The summed E-state index contributed by atoms with van der Waals surface area (Å²) in [6.45, 7) is 2.38. The van der Waals surface area contributed by atoms with Gasteiger partial charge in [-0.15, -0.1) is 0 Å². The molecule has 0 aliphatic carbocycles. The molecule has 2 nitrogen and oxygen atoms in total. The van der Waals surface area contributed by atoms with Crippen LogP contribution < -0.4 is 0 Å². The molecule has 1 aromatic carbocycles. The molecule has 1 atom stereocenters. The van der Waals surface area contributed by atoms with Crippen LogP contribution in [0.4, 0.5) is 0 Å². The van der Waals surface area contributed by atoms with Crippen LogP contribution in [0.15, 0.2) is 18.2 Å². The number of alkyl halides is 1. The van der Waals surface area contributed by atoms with E-state index in [0.29, 0.717) is 21.5 Å². The quantitative estimate of drug-likeness (QED) is 0.729. The second-order valence-corrected chi connectivity index (χ2v) is 6.12. The predicted molar refractivity (Wildman–Crippen MR) is 77.4 cm³/mol. The summed E-state index contributed by atoms with van der Waals surface area (Å²) in [6, 6.07) is 5.59. The SMILES string of the molecule is COCC(Br)CN(C)Cc1ccc(Cl)cc1Cl. The minimum atomic E-state index is 0.323. The maximum atomic E-state index is 6.12. The summed E-state index contributed by atoms with van der Waals surface area (Å²) in [6.07, 6.45) is 0. The summed E-state index contributed by atoms with van der Waals surface area (Å²) in [5.41, 5.74) is 1.08. The Bertz CT molecular complexity index is 362. The molecule has 96 valence electrons. The van der Waals surface area contributed by atoms with Crippen LogP contribution >= 0.6 is 39.1 Å². The molecule has 0 heterocycles. The minimum Gasteiger partial charge on any atom is -0.383 e. The Kier molecular flexibility index (Phi) is 6.82. The number of hydrogen-bond donors (Lipinski definition) is 0. The maximum Gasteiger partial charge on any atom is 0.0600 e. The molecule has 0 spiro atoms. The van der Waals surface area contributed by atoms with E-state index < -0.39 is 0 Å². The molecule has 0 N–H and O–H groups in total. The molecule has 0 aliphatic rings. The van der Waals surface area contributed by atoms with Crippen LogP contribution in [0.1, 0.15) is 5.56 Å². The highest BCUT2D eigenvalue weighted by Crippen LogP contribution is 2.22. The lowest BCUT2D eigenvalue weighted by atomic mass is 10.2. The van der Waals surface area contributed by atoms with Crippen molar-refractivity contribution in [3.8, 4) is 0 Å². The van der Waals surface area contributed by atoms with E-state index >= 15 is 0 Å². The Morgan fingerprint density at radius 3 is 2.71 bits per heavy atom.